The number of nitrogens with two attached hydrogens (primary N) is 1. The molecule has 0 saturated heterocycles. The standard InChI is InChI=1S/C19H23NO4/c1-22-17-10-9-15(12-18(17)23-2)6-3-5-14-7-4-8-16(11-14)24-13-19(20)21/h4,7-12H,3,5-6,13H2,1-2H3,(H2,20,21). The van der Waals surface area contributed by atoms with E-state index < -0.39 is 5.91 Å². The first-order valence-corrected chi connectivity index (χ1v) is 7.83. The fourth-order valence-corrected chi connectivity index (χ4v) is 2.48. The molecule has 5 nitrogen and oxygen atoms in total. The quantitative estimate of drug-likeness (QED) is 0.768. The molecule has 1 amide bonds. The fourth-order valence-electron chi connectivity index (χ4n) is 2.48. The molecule has 2 N–H and O–H groups in total. The third kappa shape index (κ3) is 5.19. The van der Waals surface area contributed by atoms with Gasteiger partial charge in [0.25, 0.3) is 5.91 Å². The third-order valence-electron chi connectivity index (χ3n) is 3.66. The highest BCUT2D eigenvalue weighted by Gasteiger charge is 2.05. The number of aryl methyl sites for hydroxylation is 2. The molecule has 0 heterocycles. The largest absolute Gasteiger partial charge is 0.493 e. The van der Waals surface area contributed by atoms with Crippen molar-refractivity contribution in [1.82, 2.24) is 0 Å². The minimum Gasteiger partial charge on any atom is -0.493 e. The van der Waals surface area contributed by atoms with Gasteiger partial charge in [0.15, 0.2) is 18.1 Å². The van der Waals surface area contributed by atoms with Crippen molar-refractivity contribution in [2.24, 2.45) is 5.73 Å². The molecule has 2 rings (SSSR count). The Hall–Kier alpha value is -2.69. The van der Waals surface area contributed by atoms with E-state index in [-0.39, 0.29) is 6.61 Å². The molecule has 128 valence electrons. The zero-order valence-corrected chi connectivity index (χ0v) is 14.1. The van der Waals surface area contributed by atoms with E-state index in [0.29, 0.717) is 5.75 Å². The van der Waals surface area contributed by atoms with Gasteiger partial charge in [-0.05, 0) is 54.7 Å². The van der Waals surface area contributed by atoms with Crippen molar-refractivity contribution in [3.05, 3.63) is 53.6 Å². The minimum absolute atomic E-state index is 0.102. The van der Waals surface area contributed by atoms with Gasteiger partial charge in [0, 0.05) is 0 Å². The van der Waals surface area contributed by atoms with Gasteiger partial charge < -0.3 is 19.9 Å². The van der Waals surface area contributed by atoms with Crippen molar-refractivity contribution in [3.8, 4) is 17.2 Å². The van der Waals surface area contributed by atoms with Gasteiger partial charge in [0.05, 0.1) is 14.2 Å². The maximum Gasteiger partial charge on any atom is 0.255 e. The maximum absolute atomic E-state index is 10.8. The maximum atomic E-state index is 10.8. The van der Waals surface area contributed by atoms with Crippen LogP contribution < -0.4 is 19.9 Å². The fraction of sp³-hybridized carbons (Fsp3) is 0.316. The molecule has 2 aromatic rings. The van der Waals surface area contributed by atoms with Crippen molar-refractivity contribution in [1.29, 1.82) is 0 Å². The van der Waals surface area contributed by atoms with Crippen LogP contribution in [-0.4, -0.2) is 26.7 Å². The van der Waals surface area contributed by atoms with Crippen molar-refractivity contribution < 1.29 is 19.0 Å². The molecule has 0 aromatic heterocycles. The molecule has 0 fully saturated rings. The molecule has 0 saturated carbocycles. The van der Waals surface area contributed by atoms with Crippen LogP contribution in [0.15, 0.2) is 42.5 Å². The summed E-state index contributed by atoms with van der Waals surface area (Å²) in [6.45, 7) is -0.102. The summed E-state index contributed by atoms with van der Waals surface area (Å²) in [6, 6.07) is 13.7. The normalized spacial score (nSPS) is 10.2. The van der Waals surface area contributed by atoms with Crippen LogP contribution in [0.2, 0.25) is 0 Å². The van der Waals surface area contributed by atoms with E-state index in [9.17, 15) is 4.79 Å². The summed E-state index contributed by atoms with van der Waals surface area (Å²) in [5, 5.41) is 0. The van der Waals surface area contributed by atoms with Crippen molar-refractivity contribution in [2.45, 2.75) is 19.3 Å². The van der Waals surface area contributed by atoms with Crippen LogP contribution in [0.4, 0.5) is 0 Å². The van der Waals surface area contributed by atoms with Gasteiger partial charge in [-0.2, -0.15) is 0 Å². The minimum atomic E-state index is -0.478. The second-order valence-corrected chi connectivity index (χ2v) is 5.45. The van der Waals surface area contributed by atoms with E-state index in [1.54, 1.807) is 14.2 Å². The highest BCUT2D eigenvalue weighted by molar-refractivity contribution is 5.75. The van der Waals surface area contributed by atoms with E-state index in [1.807, 2.05) is 42.5 Å². The molecule has 0 aliphatic carbocycles. The lowest BCUT2D eigenvalue weighted by molar-refractivity contribution is -0.119. The Labute approximate surface area is 142 Å². The Kier molecular flexibility index (Phi) is 6.49. The number of carbonyl (C=O) groups is 1. The van der Waals surface area contributed by atoms with Crippen LogP contribution in [0, 0.1) is 0 Å². The SMILES string of the molecule is COc1ccc(CCCc2cccc(OCC(N)=O)c2)cc1OC. The van der Waals surface area contributed by atoms with Crippen molar-refractivity contribution in [3.63, 3.8) is 0 Å². The van der Waals surface area contributed by atoms with E-state index >= 15 is 0 Å². The van der Waals surface area contributed by atoms with Gasteiger partial charge >= 0.3 is 0 Å². The molecule has 0 unspecified atom stereocenters. The van der Waals surface area contributed by atoms with Crippen LogP contribution in [-0.2, 0) is 17.6 Å². The molecule has 0 radical (unpaired) electrons. The zero-order chi connectivity index (χ0) is 17.4. The first kappa shape index (κ1) is 17.7. The molecule has 0 bridgehead atoms. The lowest BCUT2D eigenvalue weighted by atomic mass is 10.0. The number of methoxy groups -OCH3 is 2. The third-order valence-corrected chi connectivity index (χ3v) is 3.66. The van der Waals surface area contributed by atoms with Crippen molar-refractivity contribution in [2.75, 3.05) is 20.8 Å². The Morgan fingerprint density at radius 2 is 1.67 bits per heavy atom. The van der Waals surface area contributed by atoms with E-state index in [0.717, 1.165) is 36.3 Å². The average Bonchev–Trinajstić information content (AvgIpc) is 2.60. The topological polar surface area (TPSA) is 70.8 Å². The number of rotatable bonds is 9. The highest BCUT2D eigenvalue weighted by atomic mass is 16.5. The zero-order valence-electron chi connectivity index (χ0n) is 14.1. The number of primary amides is 1. The molecule has 0 atom stereocenters. The summed E-state index contributed by atoms with van der Waals surface area (Å²) < 4.78 is 15.9. The van der Waals surface area contributed by atoms with Gasteiger partial charge in [0.1, 0.15) is 5.75 Å². The number of benzene rings is 2. The van der Waals surface area contributed by atoms with E-state index in [2.05, 4.69) is 0 Å². The van der Waals surface area contributed by atoms with E-state index in [1.165, 1.54) is 5.56 Å². The van der Waals surface area contributed by atoms with Gasteiger partial charge in [0.2, 0.25) is 0 Å². The Morgan fingerprint density at radius 1 is 0.958 bits per heavy atom. The number of carbonyl (C=O) groups excluding carboxylic acids is 1. The number of amides is 1. The lowest BCUT2D eigenvalue weighted by Gasteiger charge is -2.10. The van der Waals surface area contributed by atoms with Gasteiger partial charge in [-0.3, -0.25) is 4.79 Å². The summed E-state index contributed by atoms with van der Waals surface area (Å²) in [7, 11) is 3.27. The Bertz CT molecular complexity index is 685. The molecule has 5 heteroatoms. The van der Waals surface area contributed by atoms with Gasteiger partial charge in [-0.1, -0.05) is 18.2 Å². The molecule has 24 heavy (non-hydrogen) atoms. The molecule has 0 spiro atoms. The van der Waals surface area contributed by atoms with Crippen LogP contribution >= 0.6 is 0 Å². The summed E-state index contributed by atoms with van der Waals surface area (Å²) in [5.41, 5.74) is 7.45. The molecule has 2 aromatic carbocycles. The summed E-state index contributed by atoms with van der Waals surface area (Å²) >= 11 is 0. The van der Waals surface area contributed by atoms with Gasteiger partial charge in [-0.25, -0.2) is 0 Å². The number of hydrogen-bond donors (Lipinski definition) is 1. The summed E-state index contributed by atoms with van der Waals surface area (Å²) in [4.78, 5) is 10.8. The monoisotopic (exact) mass is 329 g/mol. The average molecular weight is 329 g/mol. The molecule has 0 aliphatic heterocycles. The first-order chi connectivity index (χ1) is 11.6. The summed E-state index contributed by atoms with van der Waals surface area (Å²) in [5.74, 6) is 1.67. The predicted molar refractivity (Wildman–Crippen MR) is 92.7 cm³/mol. The highest BCUT2D eigenvalue weighted by Crippen LogP contribution is 2.28. The van der Waals surface area contributed by atoms with Crippen LogP contribution in [0.3, 0.4) is 0 Å². The second-order valence-electron chi connectivity index (χ2n) is 5.45. The van der Waals surface area contributed by atoms with Crippen LogP contribution in [0.25, 0.3) is 0 Å². The van der Waals surface area contributed by atoms with E-state index in [4.69, 9.17) is 19.9 Å². The van der Waals surface area contributed by atoms with Gasteiger partial charge in [-0.15, -0.1) is 0 Å². The lowest BCUT2D eigenvalue weighted by Crippen LogP contribution is -2.20. The first-order valence-electron chi connectivity index (χ1n) is 7.83. The Morgan fingerprint density at radius 3 is 2.33 bits per heavy atom. The molecular weight excluding hydrogens is 306 g/mol. The molecule has 0 aliphatic rings. The van der Waals surface area contributed by atoms with Crippen molar-refractivity contribution >= 4 is 5.91 Å². The molecular formula is C19H23NO4. The predicted octanol–water partition coefficient (Wildman–Crippen LogP) is 2.74. The number of hydrogen-bond acceptors (Lipinski definition) is 4. The second kappa shape index (κ2) is 8.82. The smallest absolute Gasteiger partial charge is 0.255 e. The summed E-state index contributed by atoms with van der Waals surface area (Å²) in [6.07, 6.45) is 2.85. The van der Waals surface area contributed by atoms with Crippen LogP contribution in [0.5, 0.6) is 17.2 Å². The van der Waals surface area contributed by atoms with Crippen LogP contribution in [0.1, 0.15) is 17.5 Å². The number of ether oxygens (including phenoxy) is 3. The Balaban J connectivity index is 1.90.